The maximum absolute atomic E-state index is 12.2. The number of amides is 2. The van der Waals surface area contributed by atoms with Crippen molar-refractivity contribution in [3.8, 4) is 0 Å². The molecule has 0 aromatic rings. The van der Waals surface area contributed by atoms with Crippen LogP contribution in [0.1, 0.15) is 39.5 Å². The third kappa shape index (κ3) is 3.46. The van der Waals surface area contributed by atoms with Gasteiger partial charge >= 0.3 is 0 Å². The second-order valence-corrected chi connectivity index (χ2v) is 6.08. The fourth-order valence-corrected chi connectivity index (χ4v) is 3.76. The van der Waals surface area contributed by atoms with Crippen LogP contribution in [-0.4, -0.2) is 59.4 Å². The zero-order valence-electron chi connectivity index (χ0n) is 13.2. The van der Waals surface area contributed by atoms with E-state index in [0.717, 1.165) is 38.8 Å². The van der Waals surface area contributed by atoms with Crippen LogP contribution in [0.15, 0.2) is 12.7 Å². The second-order valence-electron chi connectivity index (χ2n) is 6.08. The van der Waals surface area contributed by atoms with Gasteiger partial charge in [0, 0.05) is 32.1 Å². The van der Waals surface area contributed by atoms with Crippen molar-refractivity contribution in [1.82, 2.24) is 15.1 Å². The lowest BCUT2D eigenvalue weighted by molar-refractivity contribution is -0.131. The highest BCUT2D eigenvalue weighted by molar-refractivity contribution is 5.81. The van der Waals surface area contributed by atoms with Crippen LogP contribution in [0.25, 0.3) is 0 Å². The Kier molecular flexibility index (Phi) is 5.39. The number of hydrogen-bond donors (Lipinski definition) is 1. The molecule has 0 radical (unpaired) electrons. The van der Waals surface area contributed by atoms with Gasteiger partial charge in [0.15, 0.2) is 0 Å². The lowest BCUT2D eigenvalue weighted by atomic mass is 10.0. The lowest BCUT2D eigenvalue weighted by Gasteiger charge is -2.37. The van der Waals surface area contributed by atoms with Crippen LogP contribution in [0.2, 0.25) is 0 Å². The van der Waals surface area contributed by atoms with Crippen LogP contribution < -0.4 is 5.32 Å². The maximum Gasteiger partial charge on any atom is 0.237 e. The minimum absolute atomic E-state index is 0.0502. The van der Waals surface area contributed by atoms with E-state index in [1.165, 1.54) is 0 Å². The van der Waals surface area contributed by atoms with Gasteiger partial charge in [0.1, 0.15) is 0 Å². The van der Waals surface area contributed by atoms with E-state index in [-0.39, 0.29) is 23.9 Å². The summed E-state index contributed by atoms with van der Waals surface area (Å²) in [5, 5.41) is 2.87. The van der Waals surface area contributed by atoms with Crippen molar-refractivity contribution >= 4 is 11.8 Å². The lowest BCUT2D eigenvalue weighted by Crippen LogP contribution is -2.54. The first-order chi connectivity index (χ1) is 10.1. The molecule has 21 heavy (non-hydrogen) atoms. The Labute approximate surface area is 127 Å². The Hall–Kier alpha value is -1.36. The van der Waals surface area contributed by atoms with E-state index in [1.807, 2.05) is 11.8 Å². The number of hydrogen-bond acceptors (Lipinski definition) is 3. The summed E-state index contributed by atoms with van der Waals surface area (Å²) in [6.07, 6.45) is 6.01. The van der Waals surface area contributed by atoms with Crippen LogP contribution in [0, 0.1) is 0 Å². The summed E-state index contributed by atoms with van der Waals surface area (Å²) in [5.41, 5.74) is 0. The number of nitrogens with one attached hydrogen (secondary N) is 1. The summed E-state index contributed by atoms with van der Waals surface area (Å²) < 4.78 is 0. The molecule has 2 aliphatic rings. The molecule has 0 bridgehead atoms. The van der Waals surface area contributed by atoms with Crippen molar-refractivity contribution < 1.29 is 9.59 Å². The zero-order valence-corrected chi connectivity index (χ0v) is 13.2. The van der Waals surface area contributed by atoms with E-state index in [0.29, 0.717) is 12.6 Å². The van der Waals surface area contributed by atoms with E-state index in [2.05, 4.69) is 16.8 Å². The average molecular weight is 293 g/mol. The van der Waals surface area contributed by atoms with E-state index in [9.17, 15) is 9.59 Å². The molecule has 2 fully saturated rings. The van der Waals surface area contributed by atoms with Crippen molar-refractivity contribution in [2.24, 2.45) is 0 Å². The molecule has 3 atom stereocenters. The van der Waals surface area contributed by atoms with E-state index < -0.39 is 0 Å². The third-order valence-electron chi connectivity index (χ3n) is 4.79. The Morgan fingerprint density at radius 3 is 2.62 bits per heavy atom. The predicted octanol–water partition coefficient (Wildman–Crippen LogP) is 1.15. The fraction of sp³-hybridized carbons (Fsp3) is 0.750. The number of carbonyl (C=O) groups excluding carboxylic acids is 2. The summed E-state index contributed by atoms with van der Waals surface area (Å²) in [6.45, 7) is 9.54. The largest absolute Gasteiger partial charge is 0.351 e. The van der Waals surface area contributed by atoms with Gasteiger partial charge in [0.05, 0.1) is 6.04 Å². The number of nitrogens with zero attached hydrogens (tertiary/aromatic N) is 2. The van der Waals surface area contributed by atoms with Crippen LogP contribution in [-0.2, 0) is 9.59 Å². The van der Waals surface area contributed by atoms with Gasteiger partial charge in [-0.05, 0) is 39.2 Å². The summed E-state index contributed by atoms with van der Waals surface area (Å²) in [4.78, 5) is 28.2. The molecule has 2 rings (SSSR count). The maximum atomic E-state index is 12.2. The highest BCUT2D eigenvalue weighted by atomic mass is 16.2. The van der Waals surface area contributed by atoms with Gasteiger partial charge in [-0.1, -0.05) is 6.08 Å². The van der Waals surface area contributed by atoms with Crippen molar-refractivity contribution in [2.75, 3.05) is 19.6 Å². The third-order valence-corrected chi connectivity index (χ3v) is 4.79. The molecule has 0 unspecified atom stereocenters. The van der Waals surface area contributed by atoms with E-state index >= 15 is 0 Å². The first-order valence-electron chi connectivity index (χ1n) is 7.97. The summed E-state index contributed by atoms with van der Waals surface area (Å²) >= 11 is 0. The molecule has 118 valence electrons. The highest BCUT2D eigenvalue weighted by Crippen LogP contribution is 2.31. The van der Waals surface area contributed by atoms with Gasteiger partial charge in [-0.2, -0.15) is 0 Å². The molecule has 5 nitrogen and oxygen atoms in total. The van der Waals surface area contributed by atoms with Crippen molar-refractivity contribution in [3.63, 3.8) is 0 Å². The minimum Gasteiger partial charge on any atom is -0.351 e. The standard InChI is InChI=1S/C16H27N3O2/c1-4-9-17-16(21)12(2)18-10-5-7-14(18)15-8-6-11-19(15)13(3)20/h4,12,14-15H,1,5-11H2,2-3H3,(H,17,21)/t12-,14+,15+/m0/s1. The summed E-state index contributed by atoms with van der Waals surface area (Å²) in [6, 6.07) is 0.451. The van der Waals surface area contributed by atoms with Gasteiger partial charge in [-0.15, -0.1) is 6.58 Å². The fourth-order valence-electron chi connectivity index (χ4n) is 3.76. The van der Waals surface area contributed by atoms with Crippen molar-refractivity contribution in [2.45, 2.75) is 57.7 Å². The molecule has 2 aliphatic heterocycles. The van der Waals surface area contributed by atoms with Gasteiger partial charge in [-0.25, -0.2) is 0 Å². The number of carbonyl (C=O) groups is 2. The molecule has 2 saturated heterocycles. The molecular formula is C16H27N3O2. The topological polar surface area (TPSA) is 52.7 Å². The Morgan fingerprint density at radius 2 is 1.95 bits per heavy atom. The molecule has 0 spiro atoms. The zero-order chi connectivity index (χ0) is 15.4. The summed E-state index contributed by atoms with van der Waals surface area (Å²) in [7, 11) is 0. The van der Waals surface area contributed by atoms with Crippen LogP contribution in [0.3, 0.4) is 0 Å². The molecule has 0 saturated carbocycles. The Bertz CT molecular complexity index is 410. The molecule has 0 aliphatic carbocycles. The van der Waals surface area contributed by atoms with Gasteiger partial charge in [-0.3, -0.25) is 14.5 Å². The monoisotopic (exact) mass is 293 g/mol. The normalized spacial score (nSPS) is 27.6. The molecule has 2 heterocycles. The van der Waals surface area contributed by atoms with Gasteiger partial charge in [0.25, 0.3) is 0 Å². The minimum atomic E-state index is -0.146. The predicted molar refractivity (Wildman–Crippen MR) is 82.8 cm³/mol. The quantitative estimate of drug-likeness (QED) is 0.774. The van der Waals surface area contributed by atoms with Crippen LogP contribution in [0.4, 0.5) is 0 Å². The second kappa shape index (κ2) is 7.07. The first-order valence-corrected chi connectivity index (χ1v) is 7.97. The molecule has 1 N–H and O–H groups in total. The van der Waals surface area contributed by atoms with Crippen LogP contribution >= 0.6 is 0 Å². The molecule has 2 amide bonds. The van der Waals surface area contributed by atoms with Gasteiger partial charge in [0.2, 0.25) is 11.8 Å². The first kappa shape index (κ1) is 16.0. The average Bonchev–Trinajstić information content (AvgIpc) is 3.10. The molecule has 0 aromatic carbocycles. The highest BCUT2D eigenvalue weighted by Gasteiger charge is 2.41. The number of likely N-dealkylation sites (tertiary alicyclic amines) is 2. The molecule has 5 heteroatoms. The Morgan fingerprint density at radius 1 is 1.29 bits per heavy atom. The number of rotatable bonds is 5. The van der Waals surface area contributed by atoms with Crippen molar-refractivity contribution in [1.29, 1.82) is 0 Å². The van der Waals surface area contributed by atoms with Crippen LogP contribution in [0.5, 0.6) is 0 Å². The van der Waals surface area contributed by atoms with Crippen molar-refractivity contribution in [3.05, 3.63) is 12.7 Å². The van der Waals surface area contributed by atoms with E-state index in [1.54, 1.807) is 13.0 Å². The molecule has 0 aromatic heterocycles. The SMILES string of the molecule is C=CCNC(=O)[C@H](C)N1CCC[C@@H]1[C@H]1CCCN1C(C)=O. The molecular weight excluding hydrogens is 266 g/mol. The summed E-state index contributed by atoms with van der Waals surface area (Å²) in [5.74, 6) is 0.210. The van der Waals surface area contributed by atoms with E-state index in [4.69, 9.17) is 0 Å². The Balaban J connectivity index is 2.04. The van der Waals surface area contributed by atoms with Gasteiger partial charge < -0.3 is 10.2 Å². The smallest absolute Gasteiger partial charge is 0.237 e.